The summed E-state index contributed by atoms with van der Waals surface area (Å²) in [6.07, 6.45) is 1.63. The van der Waals surface area contributed by atoms with E-state index >= 15 is 0 Å². The number of halogens is 2. The molecular weight excluding hydrogens is 299 g/mol. The van der Waals surface area contributed by atoms with Gasteiger partial charge in [0.25, 0.3) is 0 Å². The molecule has 2 rings (SSSR count). The Morgan fingerprint density at radius 1 is 1.33 bits per heavy atom. The maximum Gasteiger partial charge on any atom is 0.219 e. The van der Waals surface area contributed by atoms with Gasteiger partial charge in [0.15, 0.2) is 0 Å². The van der Waals surface area contributed by atoms with Gasteiger partial charge in [-0.25, -0.2) is 9.37 Å². The van der Waals surface area contributed by atoms with Gasteiger partial charge in [-0.15, -0.1) is 0 Å². The van der Waals surface area contributed by atoms with Crippen LogP contribution in [-0.4, -0.2) is 4.98 Å². The van der Waals surface area contributed by atoms with E-state index in [0.717, 1.165) is 5.56 Å². The van der Waals surface area contributed by atoms with Crippen LogP contribution in [0.1, 0.15) is 18.5 Å². The van der Waals surface area contributed by atoms with Gasteiger partial charge in [0.2, 0.25) is 5.88 Å². The average molecular weight is 311 g/mol. The van der Waals surface area contributed by atoms with Crippen LogP contribution < -0.4 is 10.5 Å². The zero-order valence-electron chi connectivity index (χ0n) is 9.73. The smallest absolute Gasteiger partial charge is 0.219 e. The summed E-state index contributed by atoms with van der Waals surface area (Å²) in [7, 11) is 0. The lowest BCUT2D eigenvalue weighted by Crippen LogP contribution is -2.05. The van der Waals surface area contributed by atoms with Crippen molar-refractivity contribution in [3.63, 3.8) is 0 Å². The Balaban J connectivity index is 2.23. The summed E-state index contributed by atoms with van der Waals surface area (Å²) >= 11 is 3.10. The second-order valence-electron chi connectivity index (χ2n) is 3.89. The van der Waals surface area contributed by atoms with Crippen LogP contribution in [0.25, 0.3) is 0 Å². The number of ether oxygens (including phenoxy) is 1. The zero-order chi connectivity index (χ0) is 13.1. The van der Waals surface area contributed by atoms with Crippen LogP contribution in [-0.2, 0) is 0 Å². The van der Waals surface area contributed by atoms with Crippen LogP contribution in [0.5, 0.6) is 11.6 Å². The minimum absolute atomic E-state index is 0.0877. The third kappa shape index (κ3) is 3.05. The first-order valence-electron chi connectivity index (χ1n) is 5.40. The van der Waals surface area contributed by atoms with E-state index < -0.39 is 0 Å². The molecule has 0 aliphatic heterocycles. The van der Waals surface area contributed by atoms with Gasteiger partial charge in [0.1, 0.15) is 11.6 Å². The van der Waals surface area contributed by atoms with Gasteiger partial charge in [-0.3, -0.25) is 0 Å². The standard InChI is InChI=1S/C13H12BrFN2O/c1-8(16)9-4-5-17-13(6-9)18-10-2-3-12(15)11(14)7-10/h2-8H,16H2,1H3/t8-/m0/s1. The Kier molecular flexibility index (Phi) is 3.93. The summed E-state index contributed by atoms with van der Waals surface area (Å²) in [6.45, 7) is 1.88. The molecule has 0 saturated carbocycles. The Labute approximate surface area is 113 Å². The summed E-state index contributed by atoms with van der Waals surface area (Å²) in [5.41, 5.74) is 6.71. The number of hydrogen-bond donors (Lipinski definition) is 1. The molecule has 1 heterocycles. The van der Waals surface area contributed by atoms with E-state index in [0.29, 0.717) is 16.1 Å². The lowest BCUT2D eigenvalue weighted by molar-refractivity contribution is 0.459. The Bertz CT molecular complexity index is 560. The molecule has 0 fully saturated rings. The molecule has 0 saturated heterocycles. The highest BCUT2D eigenvalue weighted by Crippen LogP contribution is 2.26. The van der Waals surface area contributed by atoms with Crippen LogP contribution in [0.15, 0.2) is 41.0 Å². The third-order valence-electron chi connectivity index (χ3n) is 2.40. The molecule has 0 unspecified atom stereocenters. The van der Waals surface area contributed by atoms with Gasteiger partial charge >= 0.3 is 0 Å². The first-order valence-corrected chi connectivity index (χ1v) is 6.20. The molecule has 0 amide bonds. The number of pyridine rings is 1. The topological polar surface area (TPSA) is 48.1 Å². The Morgan fingerprint density at radius 2 is 2.11 bits per heavy atom. The maximum absolute atomic E-state index is 13.1. The molecule has 2 aromatic rings. The van der Waals surface area contributed by atoms with Crippen molar-refractivity contribution in [3.8, 4) is 11.6 Å². The summed E-state index contributed by atoms with van der Waals surface area (Å²) in [5, 5.41) is 0. The van der Waals surface area contributed by atoms with Gasteiger partial charge in [0, 0.05) is 18.3 Å². The number of nitrogens with zero attached hydrogens (tertiary/aromatic N) is 1. The van der Waals surface area contributed by atoms with E-state index in [1.54, 1.807) is 24.4 Å². The highest BCUT2D eigenvalue weighted by molar-refractivity contribution is 9.10. The predicted octanol–water partition coefficient (Wildman–Crippen LogP) is 3.80. The molecule has 1 aromatic heterocycles. The monoisotopic (exact) mass is 310 g/mol. The number of nitrogens with two attached hydrogens (primary N) is 1. The molecule has 94 valence electrons. The van der Waals surface area contributed by atoms with Crippen LogP contribution >= 0.6 is 15.9 Å². The minimum atomic E-state index is -0.334. The average Bonchev–Trinajstić information content (AvgIpc) is 2.34. The van der Waals surface area contributed by atoms with Crippen LogP contribution in [0.2, 0.25) is 0 Å². The van der Waals surface area contributed by atoms with E-state index in [1.807, 2.05) is 13.0 Å². The predicted molar refractivity (Wildman–Crippen MR) is 71.0 cm³/mol. The van der Waals surface area contributed by atoms with Crippen LogP contribution in [0.4, 0.5) is 4.39 Å². The van der Waals surface area contributed by atoms with Crippen molar-refractivity contribution in [3.05, 3.63) is 52.4 Å². The Morgan fingerprint density at radius 3 is 2.78 bits per heavy atom. The first-order chi connectivity index (χ1) is 8.56. The fourth-order valence-electron chi connectivity index (χ4n) is 1.42. The summed E-state index contributed by atoms with van der Waals surface area (Å²) in [6, 6.07) is 7.93. The second kappa shape index (κ2) is 5.46. The highest BCUT2D eigenvalue weighted by Gasteiger charge is 2.05. The number of hydrogen-bond acceptors (Lipinski definition) is 3. The largest absolute Gasteiger partial charge is 0.439 e. The molecule has 0 bridgehead atoms. The van der Waals surface area contributed by atoms with Crippen LogP contribution in [0, 0.1) is 5.82 Å². The summed E-state index contributed by atoms with van der Waals surface area (Å²) in [4.78, 5) is 4.08. The third-order valence-corrected chi connectivity index (χ3v) is 3.01. The lowest BCUT2D eigenvalue weighted by Gasteiger charge is -2.09. The van der Waals surface area contributed by atoms with E-state index in [2.05, 4.69) is 20.9 Å². The number of benzene rings is 1. The Hall–Kier alpha value is -1.46. The zero-order valence-corrected chi connectivity index (χ0v) is 11.3. The van der Waals surface area contributed by atoms with Crippen molar-refractivity contribution < 1.29 is 9.13 Å². The van der Waals surface area contributed by atoms with E-state index in [1.165, 1.54) is 6.07 Å². The molecule has 0 aliphatic rings. The van der Waals surface area contributed by atoms with E-state index in [4.69, 9.17) is 10.5 Å². The molecule has 5 heteroatoms. The van der Waals surface area contributed by atoms with Crippen LogP contribution in [0.3, 0.4) is 0 Å². The van der Waals surface area contributed by atoms with Crippen molar-refractivity contribution in [2.45, 2.75) is 13.0 Å². The molecule has 0 radical (unpaired) electrons. The van der Waals surface area contributed by atoms with Crippen molar-refractivity contribution >= 4 is 15.9 Å². The number of aromatic nitrogens is 1. The molecule has 0 spiro atoms. The first kappa shape index (κ1) is 13.0. The van der Waals surface area contributed by atoms with Gasteiger partial charge < -0.3 is 10.5 Å². The highest BCUT2D eigenvalue weighted by atomic mass is 79.9. The maximum atomic E-state index is 13.1. The van der Waals surface area contributed by atoms with Crippen molar-refractivity contribution in [2.24, 2.45) is 5.73 Å². The van der Waals surface area contributed by atoms with Crippen molar-refractivity contribution in [1.82, 2.24) is 4.98 Å². The molecule has 2 N–H and O–H groups in total. The molecule has 3 nitrogen and oxygen atoms in total. The minimum Gasteiger partial charge on any atom is -0.439 e. The normalized spacial score (nSPS) is 12.2. The molecule has 0 aliphatic carbocycles. The molecule has 18 heavy (non-hydrogen) atoms. The molecule has 1 atom stereocenters. The second-order valence-corrected chi connectivity index (χ2v) is 4.75. The molecular formula is C13H12BrFN2O. The quantitative estimate of drug-likeness (QED) is 0.938. The fourth-order valence-corrected chi connectivity index (χ4v) is 1.78. The summed E-state index contributed by atoms with van der Waals surface area (Å²) in [5.74, 6) is 0.612. The number of rotatable bonds is 3. The van der Waals surface area contributed by atoms with Crippen molar-refractivity contribution in [1.29, 1.82) is 0 Å². The van der Waals surface area contributed by atoms with Gasteiger partial charge in [-0.1, -0.05) is 0 Å². The van der Waals surface area contributed by atoms with Gasteiger partial charge in [0.05, 0.1) is 4.47 Å². The summed E-state index contributed by atoms with van der Waals surface area (Å²) < 4.78 is 19.0. The van der Waals surface area contributed by atoms with E-state index in [-0.39, 0.29) is 11.9 Å². The van der Waals surface area contributed by atoms with Gasteiger partial charge in [-0.2, -0.15) is 0 Å². The lowest BCUT2D eigenvalue weighted by atomic mass is 10.1. The van der Waals surface area contributed by atoms with Crippen molar-refractivity contribution in [2.75, 3.05) is 0 Å². The van der Waals surface area contributed by atoms with E-state index in [9.17, 15) is 4.39 Å². The van der Waals surface area contributed by atoms with Gasteiger partial charge in [-0.05, 0) is 52.7 Å². The SMILES string of the molecule is C[C@H](N)c1ccnc(Oc2ccc(F)c(Br)c2)c1. The fraction of sp³-hybridized carbons (Fsp3) is 0.154. The molecule has 1 aromatic carbocycles.